The van der Waals surface area contributed by atoms with Crippen molar-refractivity contribution in [1.82, 2.24) is 4.90 Å². The molecule has 0 radical (unpaired) electrons. The van der Waals surface area contributed by atoms with Crippen molar-refractivity contribution in [2.45, 2.75) is 43.3 Å². The van der Waals surface area contributed by atoms with Crippen LogP contribution in [0.5, 0.6) is 0 Å². The average Bonchev–Trinajstić information content (AvgIpc) is 2.26. The Morgan fingerprint density at radius 2 is 2.10 bits per heavy atom. The van der Waals surface area contributed by atoms with Gasteiger partial charge in [0.15, 0.2) is 5.72 Å². The van der Waals surface area contributed by atoms with Crippen LogP contribution >= 0.6 is 0 Å². The van der Waals surface area contributed by atoms with Crippen LogP contribution < -0.4 is 0 Å². The first-order valence-electron chi connectivity index (χ1n) is 6.09. The number of β-amino-alcohol motifs (C(OH)–C–C–N with tert-alkyl or cyclic N) is 1. The summed E-state index contributed by atoms with van der Waals surface area (Å²) < 4.78 is 36.3. The minimum absolute atomic E-state index is 0.0783. The van der Waals surface area contributed by atoms with E-state index in [1.54, 1.807) is 0 Å². The van der Waals surface area contributed by atoms with Crippen molar-refractivity contribution in [3.05, 3.63) is 10.4 Å². The van der Waals surface area contributed by atoms with Gasteiger partial charge < -0.3 is 15.3 Å². The molecule has 0 saturated carbocycles. The smallest absolute Gasteiger partial charge is 0.389 e. The van der Waals surface area contributed by atoms with Gasteiger partial charge in [-0.15, -0.1) is 0 Å². The van der Waals surface area contributed by atoms with Crippen molar-refractivity contribution in [2.75, 3.05) is 19.7 Å². The number of nitrogens with zero attached hydrogens (tertiary/aromatic N) is 4. The SMILES string of the molecule is [N-]=[N+]=N[C@@]1(O)C[C@H](O)[C@@H](CO)N(CCCC(F)(F)F)C1. The lowest BCUT2D eigenvalue weighted by Crippen LogP contribution is -2.59. The van der Waals surface area contributed by atoms with Crippen molar-refractivity contribution < 1.29 is 28.5 Å². The minimum Gasteiger partial charge on any atom is -0.395 e. The largest absolute Gasteiger partial charge is 0.395 e. The fourth-order valence-electron chi connectivity index (χ4n) is 2.34. The highest BCUT2D eigenvalue weighted by molar-refractivity contribution is 4.95. The van der Waals surface area contributed by atoms with E-state index in [2.05, 4.69) is 10.0 Å². The fraction of sp³-hybridized carbons (Fsp3) is 1.00. The summed E-state index contributed by atoms with van der Waals surface area (Å²) in [5.74, 6) is 0. The standard InChI is InChI=1S/C10H17F3N4O3/c11-10(12,13)2-1-3-17-6-9(20,15-16-14)4-8(19)7(17)5-18/h7-8,18-20H,1-6H2/t7-,8+,9-/m1/s1. The van der Waals surface area contributed by atoms with Gasteiger partial charge in [-0.05, 0) is 18.5 Å². The molecule has 20 heavy (non-hydrogen) atoms. The molecule has 1 aliphatic heterocycles. The molecule has 0 bridgehead atoms. The van der Waals surface area contributed by atoms with Gasteiger partial charge in [-0.3, -0.25) is 4.90 Å². The van der Waals surface area contributed by atoms with Crippen LogP contribution in [-0.4, -0.2) is 64.0 Å². The first-order chi connectivity index (χ1) is 9.21. The average molecular weight is 298 g/mol. The maximum atomic E-state index is 12.1. The van der Waals surface area contributed by atoms with Gasteiger partial charge in [0.25, 0.3) is 0 Å². The maximum Gasteiger partial charge on any atom is 0.389 e. The number of piperidine rings is 1. The molecule has 0 aromatic carbocycles. The summed E-state index contributed by atoms with van der Waals surface area (Å²) in [6.45, 7) is -0.762. The lowest BCUT2D eigenvalue weighted by Gasteiger charge is -2.44. The Balaban J connectivity index is 2.70. The van der Waals surface area contributed by atoms with Crippen LogP contribution in [0.15, 0.2) is 5.11 Å². The number of hydrogen-bond acceptors (Lipinski definition) is 5. The quantitative estimate of drug-likeness (QED) is 0.395. The molecule has 0 unspecified atom stereocenters. The number of likely N-dealkylation sites (tertiary alicyclic amines) is 1. The Hall–Kier alpha value is -1.06. The molecule has 0 spiro atoms. The van der Waals surface area contributed by atoms with E-state index in [9.17, 15) is 28.5 Å². The highest BCUT2D eigenvalue weighted by atomic mass is 19.4. The highest BCUT2D eigenvalue weighted by Crippen LogP contribution is 2.29. The molecule has 1 rings (SSSR count). The Morgan fingerprint density at radius 1 is 1.45 bits per heavy atom. The third kappa shape index (κ3) is 4.80. The van der Waals surface area contributed by atoms with Crippen LogP contribution in [0.3, 0.4) is 0 Å². The van der Waals surface area contributed by atoms with E-state index in [-0.39, 0.29) is 25.9 Å². The molecule has 3 N–H and O–H groups in total. The van der Waals surface area contributed by atoms with Crippen LogP contribution in [0.2, 0.25) is 0 Å². The molecule has 116 valence electrons. The zero-order chi connectivity index (χ0) is 15.4. The third-order valence-corrected chi connectivity index (χ3v) is 3.23. The summed E-state index contributed by atoms with van der Waals surface area (Å²) in [5, 5.41) is 32.1. The number of rotatable bonds is 5. The Bertz CT molecular complexity index is 375. The van der Waals surface area contributed by atoms with E-state index in [1.165, 1.54) is 4.90 Å². The Morgan fingerprint density at radius 3 is 2.60 bits per heavy atom. The topological polar surface area (TPSA) is 113 Å². The van der Waals surface area contributed by atoms with Gasteiger partial charge in [0, 0.05) is 24.3 Å². The van der Waals surface area contributed by atoms with Crippen molar-refractivity contribution in [3.63, 3.8) is 0 Å². The van der Waals surface area contributed by atoms with Gasteiger partial charge in [-0.2, -0.15) is 13.2 Å². The van der Waals surface area contributed by atoms with Crippen molar-refractivity contribution >= 4 is 0 Å². The molecule has 0 aromatic heterocycles. The van der Waals surface area contributed by atoms with Crippen molar-refractivity contribution in [2.24, 2.45) is 5.11 Å². The van der Waals surface area contributed by atoms with E-state index in [0.717, 1.165) is 0 Å². The molecule has 0 amide bonds. The number of aliphatic hydroxyl groups excluding tert-OH is 2. The van der Waals surface area contributed by atoms with Gasteiger partial charge in [0.2, 0.25) is 0 Å². The first-order valence-corrected chi connectivity index (χ1v) is 6.09. The molecule has 3 atom stereocenters. The van der Waals surface area contributed by atoms with E-state index in [1.807, 2.05) is 0 Å². The molecule has 1 fully saturated rings. The van der Waals surface area contributed by atoms with Crippen LogP contribution in [-0.2, 0) is 0 Å². The predicted octanol–water partition coefficient (Wildman–Crippen LogP) is 0.755. The normalized spacial score (nSPS) is 31.9. The second-order valence-corrected chi connectivity index (χ2v) is 4.88. The minimum atomic E-state index is -4.29. The van der Waals surface area contributed by atoms with Crippen LogP contribution in [0.1, 0.15) is 19.3 Å². The van der Waals surface area contributed by atoms with Gasteiger partial charge in [0.1, 0.15) is 0 Å². The number of azide groups is 1. The third-order valence-electron chi connectivity index (χ3n) is 3.23. The second-order valence-electron chi connectivity index (χ2n) is 4.88. The first kappa shape index (κ1) is 17.0. The summed E-state index contributed by atoms with van der Waals surface area (Å²) in [6.07, 6.45) is -6.98. The summed E-state index contributed by atoms with van der Waals surface area (Å²) in [5.41, 5.74) is 6.49. The van der Waals surface area contributed by atoms with Gasteiger partial charge >= 0.3 is 6.18 Å². The molecular formula is C10H17F3N4O3. The van der Waals surface area contributed by atoms with Gasteiger partial charge in [0.05, 0.1) is 18.8 Å². The van der Waals surface area contributed by atoms with E-state index in [0.29, 0.717) is 0 Å². The van der Waals surface area contributed by atoms with Gasteiger partial charge in [-0.25, -0.2) is 0 Å². The number of aliphatic hydroxyl groups is 3. The molecule has 10 heteroatoms. The highest BCUT2D eigenvalue weighted by Gasteiger charge is 2.42. The van der Waals surface area contributed by atoms with Gasteiger partial charge in [-0.1, -0.05) is 5.11 Å². The molecule has 1 heterocycles. The zero-order valence-corrected chi connectivity index (χ0v) is 10.7. The molecule has 7 nitrogen and oxygen atoms in total. The molecule has 1 saturated heterocycles. The van der Waals surface area contributed by atoms with Crippen LogP contribution in [0.4, 0.5) is 13.2 Å². The summed E-state index contributed by atoms with van der Waals surface area (Å²) >= 11 is 0. The van der Waals surface area contributed by atoms with Crippen LogP contribution in [0, 0.1) is 0 Å². The molecule has 0 aromatic rings. The maximum absolute atomic E-state index is 12.1. The summed E-state index contributed by atoms with van der Waals surface area (Å²) in [4.78, 5) is 3.78. The van der Waals surface area contributed by atoms with Crippen molar-refractivity contribution in [3.8, 4) is 0 Å². The fourth-order valence-corrected chi connectivity index (χ4v) is 2.34. The second kappa shape index (κ2) is 6.59. The number of hydrogen-bond donors (Lipinski definition) is 3. The summed E-state index contributed by atoms with van der Waals surface area (Å²) in [6, 6.07) is -0.780. The predicted molar refractivity (Wildman–Crippen MR) is 62.5 cm³/mol. The monoisotopic (exact) mass is 298 g/mol. The van der Waals surface area contributed by atoms with E-state index < -0.39 is 37.1 Å². The molecular weight excluding hydrogens is 281 g/mol. The lowest BCUT2D eigenvalue weighted by molar-refractivity contribution is -0.141. The van der Waals surface area contributed by atoms with Crippen LogP contribution in [0.25, 0.3) is 10.4 Å². The van der Waals surface area contributed by atoms with E-state index in [4.69, 9.17) is 5.53 Å². The number of halogens is 3. The lowest BCUT2D eigenvalue weighted by atomic mass is 9.93. The summed E-state index contributed by atoms with van der Waals surface area (Å²) in [7, 11) is 0. The van der Waals surface area contributed by atoms with Crippen molar-refractivity contribution in [1.29, 1.82) is 0 Å². The molecule has 0 aliphatic carbocycles. The Kier molecular flexibility index (Phi) is 5.60. The Labute approximate surface area is 113 Å². The van der Waals surface area contributed by atoms with E-state index >= 15 is 0 Å². The number of alkyl halides is 3. The molecule has 1 aliphatic rings. The zero-order valence-electron chi connectivity index (χ0n) is 10.7.